The van der Waals surface area contributed by atoms with Crippen LogP contribution in [0.15, 0.2) is 84.0 Å². The number of benzene rings is 3. The van der Waals surface area contributed by atoms with E-state index in [0.717, 1.165) is 16.7 Å². The van der Waals surface area contributed by atoms with Gasteiger partial charge in [0, 0.05) is 5.56 Å². The highest BCUT2D eigenvalue weighted by Gasteiger charge is 2.38. The maximum absolute atomic E-state index is 14.1. The number of carbonyl (C=O) groups excluding carboxylic acids is 1. The molecule has 8 heteroatoms. The van der Waals surface area contributed by atoms with E-state index in [2.05, 4.69) is 20.9 Å². The second-order valence-corrected chi connectivity index (χ2v) is 8.64. The van der Waals surface area contributed by atoms with Crippen LogP contribution in [0.2, 0.25) is 0 Å². The zero-order valence-electron chi connectivity index (χ0n) is 17.2. The van der Waals surface area contributed by atoms with Gasteiger partial charge in [0.2, 0.25) is 11.1 Å². The third-order valence-electron chi connectivity index (χ3n) is 5.30. The van der Waals surface area contributed by atoms with Crippen LogP contribution in [0.25, 0.3) is 11.4 Å². The van der Waals surface area contributed by atoms with E-state index in [1.165, 1.54) is 17.8 Å². The Morgan fingerprint density at radius 3 is 2.47 bits per heavy atom. The first kappa shape index (κ1) is 20.3. The fraction of sp³-hybridized carbons (Fsp3) is 0.125. The summed E-state index contributed by atoms with van der Waals surface area (Å²) >= 11 is 1.31. The van der Waals surface area contributed by atoms with Crippen molar-refractivity contribution in [3.63, 3.8) is 0 Å². The lowest BCUT2D eigenvalue weighted by molar-refractivity contribution is -0.116. The van der Waals surface area contributed by atoms with E-state index < -0.39 is 11.1 Å². The molecular formula is C24H20FN5OS. The number of fused-ring (bicyclic) bond motifs is 1. The van der Waals surface area contributed by atoms with Crippen LogP contribution in [0, 0.1) is 12.7 Å². The molecule has 1 aliphatic heterocycles. The number of thioether (sulfide) groups is 1. The predicted molar refractivity (Wildman–Crippen MR) is 123 cm³/mol. The Bertz CT molecular complexity index is 1260. The molecule has 2 N–H and O–H groups in total. The third-order valence-corrected chi connectivity index (χ3v) is 6.51. The van der Waals surface area contributed by atoms with Gasteiger partial charge in [0.1, 0.15) is 11.1 Å². The zero-order chi connectivity index (χ0) is 22.1. The molecule has 0 saturated carbocycles. The Hall–Kier alpha value is -3.65. The minimum atomic E-state index is -0.586. The smallest absolute Gasteiger partial charge is 0.240 e. The van der Waals surface area contributed by atoms with Gasteiger partial charge in [0.15, 0.2) is 5.82 Å². The van der Waals surface area contributed by atoms with Gasteiger partial charge in [-0.05, 0) is 24.6 Å². The highest BCUT2D eigenvalue weighted by molar-refractivity contribution is 8.00. The van der Waals surface area contributed by atoms with Gasteiger partial charge in [0.05, 0.1) is 11.7 Å². The van der Waals surface area contributed by atoms with Crippen LogP contribution >= 0.6 is 11.8 Å². The molecule has 0 radical (unpaired) electrons. The van der Waals surface area contributed by atoms with Gasteiger partial charge in [0.25, 0.3) is 0 Å². The van der Waals surface area contributed by atoms with Crippen molar-refractivity contribution in [2.24, 2.45) is 0 Å². The average Bonchev–Trinajstić information content (AvgIpc) is 3.24. The summed E-state index contributed by atoms with van der Waals surface area (Å²) in [5.41, 5.74) is 6.56. The average molecular weight is 446 g/mol. The summed E-state index contributed by atoms with van der Waals surface area (Å²) in [6, 6.07) is 23.5. The molecule has 5 rings (SSSR count). The number of nitrogens with one attached hydrogen (secondary N) is 2. The predicted octanol–water partition coefficient (Wildman–Crippen LogP) is 4.79. The molecule has 2 atom stereocenters. The van der Waals surface area contributed by atoms with E-state index in [9.17, 15) is 9.18 Å². The summed E-state index contributed by atoms with van der Waals surface area (Å²) in [6.07, 6.45) is 0. The molecule has 0 bridgehead atoms. The number of amides is 1. The van der Waals surface area contributed by atoms with Crippen molar-refractivity contribution in [3.05, 3.63) is 95.8 Å². The van der Waals surface area contributed by atoms with Crippen LogP contribution in [0.1, 0.15) is 17.2 Å². The molecule has 0 spiro atoms. The van der Waals surface area contributed by atoms with Crippen LogP contribution in [0.5, 0.6) is 0 Å². The first-order chi connectivity index (χ1) is 15.6. The maximum atomic E-state index is 14.1. The zero-order valence-corrected chi connectivity index (χ0v) is 18.0. The first-order valence-electron chi connectivity index (χ1n) is 10.2. The molecule has 6 nitrogen and oxygen atoms in total. The molecule has 1 aromatic heterocycles. The summed E-state index contributed by atoms with van der Waals surface area (Å²) < 4.78 is 16.0. The van der Waals surface area contributed by atoms with Crippen molar-refractivity contribution in [3.8, 4) is 11.4 Å². The van der Waals surface area contributed by atoms with E-state index >= 15 is 0 Å². The van der Waals surface area contributed by atoms with Crippen molar-refractivity contribution < 1.29 is 9.18 Å². The molecule has 0 aliphatic carbocycles. The Morgan fingerprint density at radius 1 is 1.00 bits per heavy atom. The number of rotatable bonds is 4. The fourth-order valence-corrected chi connectivity index (χ4v) is 4.70. The normalized spacial score (nSPS) is 17.3. The van der Waals surface area contributed by atoms with Crippen molar-refractivity contribution in [1.82, 2.24) is 14.9 Å². The number of carbonyl (C=O) groups is 1. The van der Waals surface area contributed by atoms with Crippen molar-refractivity contribution in [2.45, 2.75) is 23.4 Å². The Balaban J connectivity index is 1.52. The number of halogens is 1. The Labute approximate surface area is 188 Å². The maximum Gasteiger partial charge on any atom is 0.240 e. The monoisotopic (exact) mass is 445 g/mol. The van der Waals surface area contributed by atoms with Gasteiger partial charge in [-0.2, -0.15) is 0 Å². The van der Waals surface area contributed by atoms with Crippen molar-refractivity contribution in [2.75, 3.05) is 10.7 Å². The Morgan fingerprint density at radius 2 is 1.72 bits per heavy atom. The minimum absolute atomic E-state index is 0.151. The molecule has 3 aromatic carbocycles. The highest BCUT2D eigenvalue weighted by atomic mass is 32.2. The van der Waals surface area contributed by atoms with Crippen LogP contribution in [-0.4, -0.2) is 26.0 Å². The van der Waals surface area contributed by atoms with Crippen LogP contribution in [-0.2, 0) is 4.79 Å². The number of hydrogen-bond acceptors (Lipinski definition) is 5. The molecule has 2 heterocycles. The highest BCUT2D eigenvalue weighted by Crippen LogP contribution is 2.39. The van der Waals surface area contributed by atoms with Gasteiger partial charge in [-0.3, -0.25) is 4.79 Å². The molecule has 1 amide bonds. The molecule has 1 aliphatic rings. The van der Waals surface area contributed by atoms with E-state index in [1.54, 1.807) is 18.2 Å². The van der Waals surface area contributed by atoms with Gasteiger partial charge < -0.3 is 10.7 Å². The fourth-order valence-electron chi connectivity index (χ4n) is 3.62. The molecule has 0 fully saturated rings. The quantitative estimate of drug-likeness (QED) is 0.473. The largest absolute Gasteiger partial charge is 0.323 e. The van der Waals surface area contributed by atoms with E-state index in [4.69, 9.17) is 0 Å². The molecule has 32 heavy (non-hydrogen) atoms. The number of nitrogens with zero attached hydrogens (tertiary/aromatic N) is 3. The van der Waals surface area contributed by atoms with E-state index in [1.807, 2.05) is 66.2 Å². The van der Waals surface area contributed by atoms with Crippen LogP contribution < -0.4 is 10.7 Å². The number of hydrogen-bond donors (Lipinski definition) is 2. The lowest BCUT2D eigenvalue weighted by atomic mass is 10.0. The van der Waals surface area contributed by atoms with Crippen LogP contribution in [0.3, 0.4) is 0 Å². The molecule has 0 unspecified atom stereocenters. The van der Waals surface area contributed by atoms with Gasteiger partial charge >= 0.3 is 0 Å². The lowest BCUT2D eigenvalue weighted by Gasteiger charge is -2.33. The van der Waals surface area contributed by atoms with Gasteiger partial charge in [-0.1, -0.05) is 84.1 Å². The second-order valence-electron chi connectivity index (χ2n) is 7.53. The van der Waals surface area contributed by atoms with Gasteiger partial charge in [-0.25, -0.2) is 9.07 Å². The summed E-state index contributed by atoms with van der Waals surface area (Å²) in [4.78, 5) is 13.3. The topological polar surface area (TPSA) is 71.8 Å². The molecular weight excluding hydrogens is 425 g/mol. The number of aromatic nitrogens is 3. The van der Waals surface area contributed by atoms with E-state index in [-0.39, 0.29) is 17.6 Å². The number of para-hydroxylation sites is 1. The standard InChI is InChI=1S/C24H20FN5OS/c1-15-11-13-16(14-12-15)20-21(23(31)26-19-10-6-5-9-18(19)25)32-24-28-27-22(30(24)29-20)17-7-3-2-4-8-17/h2-14,20-21,29H,1H3,(H,26,31)/t20-,21+/m1/s1. The molecule has 4 aromatic rings. The summed E-state index contributed by atoms with van der Waals surface area (Å²) in [7, 11) is 0. The third kappa shape index (κ3) is 3.85. The van der Waals surface area contributed by atoms with Crippen molar-refractivity contribution in [1.29, 1.82) is 0 Å². The molecule has 0 saturated heterocycles. The summed E-state index contributed by atoms with van der Waals surface area (Å²) in [6.45, 7) is 2.01. The number of aryl methyl sites for hydroxylation is 1. The first-order valence-corrected chi connectivity index (χ1v) is 11.0. The van der Waals surface area contributed by atoms with Crippen LogP contribution in [0.4, 0.5) is 10.1 Å². The summed E-state index contributed by atoms with van der Waals surface area (Å²) in [5, 5.41) is 11.3. The number of anilines is 1. The van der Waals surface area contributed by atoms with Gasteiger partial charge in [-0.15, -0.1) is 10.2 Å². The Kier molecular flexibility index (Phi) is 5.36. The lowest BCUT2D eigenvalue weighted by Crippen LogP contribution is -2.41. The SMILES string of the molecule is Cc1ccc([C@H]2Nn3c(nnc3-c3ccccc3)S[C@@H]2C(=O)Nc2ccccc2F)cc1. The van der Waals surface area contributed by atoms with E-state index in [0.29, 0.717) is 11.0 Å². The summed E-state index contributed by atoms with van der Waals surface area (Å²) in [5.74, 6) is -0.122. The molecule has 160 valence electrons. The second kappa shape index (κ2) is 8.47. The van der Waals surface area contributed by atoms with Crippen molar-refractivity contribution >= 4 is 23.4 Å². The minimum Gasteiger partial charge on any atom is -0.323 e.